The van der Waals surface area contributed by atoms with Gasteiger partial charge in [0.05, 0.1) is 10.7 Å². The molecule has 5 nitrogen and oxygen atoms in total. The van der Waals surface area contributed by atoms with E-state index >= 15 is 0 Å². The minimum absolute atomic E-state index is 0.00632. The second-order valence-electron chi connectivity index (χ2n) is 5.49. The third-order valence-corrected chi connectivity index (χ3v) is 4.66. The van der Waals surface area contributed by atoms with Gasteiger partial charge in [0.2, 0.25) is 0 Å². The first-order chi connectivity index (χ1) is 9.24. The van der Waals surface area contributed by atoms with Crippen molar-refractivity contribution in [3.05, 3.63) is 21.0 Å². The van der Waals surface area contributed by atoms with Gasteiger partial charge in [-0.15, -0.1) is 0 Å². The number of nitrogens with one attached hydrogen (secondary N) is 2. The monoisotopic (exact) mass is 326 g/mol. The summed E-state index contributed by atoms with van der Waals surface area (Å²) in [6.07, 6.45) is 6.51. The van der Waals surface area contributed by atoms with Crippen LogP contribution in [0, 0.1) is 5.92 Å². The molecule has 1 saturated heterocycles. The van der Waals surface area contributed by atoms with Gasteiger partial charge in [-0.25, -0.2) is 4.68 Å². The van der Waals surface area contributed by atoms with Crippen LogP contribution in [0.1, 0.15) is 25.7 Å². The van der Waals surface area contributed by atoms with Crippen LogP contribution in [0.25, 0.3) is 0 Å². The minimum Gasteiger partial charge on any atom is -0.376 e. The predicted octanol–water partition coefficient (Wildman–Crippen LogP) is 1.58. The lowest BCUT2D eigenvalue weighted by molar-refractivity contribution is 0.262. The van der Waals surface area contributed by atoms with Gasteiger partial charge in [-0.05, 0) is 47.7 Å². The summed E-state index contributed by atoms with van der Waals surface area (Å²) in [5.74, 6) is 0.632. The number of hydrogen-bond donors (Lipinski definition) is 2. The summed E-state index contributed by atoms with van der Waals surface area (Å²) < 4.78 is 2.37. The summed E-state index contributed by atoms with van der Waals surface area (Å²) in [6.45, 7) is 2.68. The van der Waals surface area contributed by atoms with Gasteiger partial charge in [-0.2, -0.15) is 5.10 Å². The Balaban J connectivity index is 1.80. The first-order valence-corrected chi connectivity index (χ1v) is 7.76. The van der Waals surface area contributed by atoms with E-state index in [-0.39, 0.29) is 5.56 Å². The van der Waals surface area contributed by atoms with E-state index in [2.05, 4.69) is 31.7 Å². The van der Waals surface area contributed by atoms with Crippen LogP contribution in [-0.2, 0) is 6.54 Å². The van der Waals surface area contributed by atoms with E-state index < -0.39 is 0 Å². The molecule has 1 atom stereocenters. The van der Waals surface area contributed by atoms with Crippen molar-refractivity contribution in [2.24, 2.45) is 5.92 Å². The Morgan fingerprint density at radius 2 is 2.32 bits per heavy atom. The maximum atomic E-state index is 12.4. The molecule has 2 heterocycles. The zero-order valence-electron chi connectivity index (χ0n) is 10.9. The lowest BCUT2D eigenvalue weighted by Crippen LogP contribution is -2.33. The van der Waals surface area contributed by atoms with Crippen molar-refractivity contribution in [3.63, 3.8) is 0 Å². The quantitative estimate of drug-likeness (QED) is 0.882. The topological polar surface area (TPSA) is 59.0 Å². The van der Waals surface area contributed by atoms with Gasteiger partial charge < -0.3 is 10.6 Å². The summed E-state index contributed by atoms with van der Waals surface area (Å²) in [7, 11) is 0. The fraction of sp³-hybridized carbons (Fsp3) is 0.692. The number of hydrogen-bond acceptors (Lipinski definition) is 4. The average molecular weight is 327 g/mol. The third kappa shape index (κ3) is 2.84. The lowest BCUT2D eigenvalue weighted by atomic mass is 9.85. The van der Waals surface area contributed by atoms with Gasteiger partial charge in [-0.3, -0.25) is 4.79 Å². The van der Waals surface area contributed by atoms with Crippen LogP contribution < -0.4 is 16.2 Å². The number of anilines is 1. The SMILES string of the molecule is O=c1c(NC2CCNC2)c(Br)cnn1CC1CCC1. The molecule has 0 aromatic carbocycles. The molecular formula is C13H19BrN4O. The molecule has 1 aromatic heterocycles. The molecule has 1 aliphatic carbocycles. The molecule has 6 heteroatoms. The first kappa shape index (κ1) is 13.1. The van der Waals surface area contributed by atoms with Crippen LogP contribution in [0.4, 0.5) is 5.69 Å². The molecule has 104 valence electrons. The molecule has 0 bridgehead atoms. The van der Waals surface area contributed by atoms with Crippen molar-refractivity contribution in [3.8, 4) is 0 Å². The minimum atomic E-state index is -0.00632. The highest BCUT2D eigenvalue weighted by Gasteiger charge is 2.21. The fourth-order valence-corrected chi connectivity index (χ4v) is 3.01. The molecule has 0 radical (unpaired) electrons. The van der Waals surface area contributed by atoms with Crippen LogP contribution in [-0.4, -0.2) is 28.9 Å². The maximum absolute atomic E-state index is 12.4. The lowest BCUT2D eigenvalue weighted by Gasteiger charge is -2.25. The molecule has 2 N–H and O–H groups in total. The van der Waals surface area contributed by atoms with E-state index in [0.29, 0.717) is 17.6 Å². The summed E-state index contributed by atoms with van der Waals surface area (Å²) in [4.78, 5) is 12.4. The maximum Gasteiger partial charge on any atom is 0.291 e. The molecule has 1 unspecified atom stereocenters. The Labute approximate surface area is 120 Å². The first-order valence-electron chi connectivity index (χ1n) is 6.97. The van der Waals surface area contributed by atoms with E-state index in [4.69, 9.17) is 0 Å². The smallest absolute Gasteiger partial charge is 0.291 e. The van der Waals surface area contributed by atoms with Crippen molar-refractivity contribution in [2.45, 2.75) is 38.3 Å². The largest absolute Gasteiger partial charge is 0.376 e. The van der Waals surface area contributed by atoms with Crippen LogP contribution in [0.5, 0.6) is 0 Å². The Hall–Kier alpha value is -0.880. The van der Waals surface area contributed by atoms with Crippen molar-refractivity contribution < 1.29 is 0 Å². The zero-order valence-corrected chi connectivity index (χ0v) is 12.4. The molecule has 3 rings (SSSR count). The summed E-state index contributed by atoms with van der Waals surface area (Å²) in [5, 5.41) is 10.9. The highest BCUT2D eigenvalue weighted by Crippen LogP contribution is 2.27. The molecule has 19 heavy (non-hydrogen) atoms. The molecule has 1 saturated carbocycles. The van der Waals surface area contributed by atoms with E-state index in [9.17, 15) is 4.79 Å². The van der Waals surface area contributed by atoms with E-state index in [1.165, 1.54) is 19.3 Å². The van der Waals surface area contributed by atoms with Gasteiger partial charge in [0, 0.05) is 19.1 Å². The van der Waals surface area contributed by atoms with Crippen LogP contribution in [0.3, 0.4) is 0 Å². The highest BCUT2D eigenvalue weighted by molar-refractivity contribution is 9.10. The average Bonchev–Trinajstić information content (AvgIpc) is 2.84. The van der Waals surface area contributed by atoms with Crippen LogP contribution >= 0.6 is 15.9 Å². The van der Waals surface area contributed by atoms with E-state index in [1.54, 1.807) is 10.9 Å². The Bertz CT molecular complexity index is 506. The molecule has 0 spiro atoms. The summed E-state index contributed by atoms with van der Waals surface area (Å²) in [5.41, 5.74) is 0.649. The Kier molecular flexibility index (Phi) is 3.88. The number of halogens is 1. The molecule has 1 aromatic rings. The van der Waals surface area contributed by atoms with Gasteiger partial charge in [0.1, 0.15) is 5.69 Å². The zero-order chi connectivity index (χ0) is 13.2. The Morgan fingerprint density at radius 3 is 2.95 bits per heavy atom. The standard InChI is InChI=1S/C13H19BrN4O/c14-11-7-16-18(8-9-2-1-3-9)13(19)12(11)17-10-4-5-15-6-10/h7,9-10,15,17H,1-6,8H2. The van der Waals surface area contributed by atoms with Crippen LogP contribution in [0.15, 0.2) is 15.5 Å². The predicted molar refractivity (Wildman–Crippen MR) is 78.4 cm³/mol. The van der Waals surface area contributed by atoms with Gasteiger partial charge in [-0.1, -0.05) is 6.42 Å². The highest BCUT2D eigenvalue weighted by atomic mass is 79.9. The van der Waals surface area contributed by atoms with Crippen LogP contribution in [0.2, 0.25) is 0 Å². The Morgan fingerprint density at radius 1 is 1.47 bits per heavy atom. The number of aromatic nitrogens is 2. The molecule has 0 amide bonds. The second kappa shape index (κ2) is 5.63. The molecular weight excluding hydrogens is 308 g/mol. The number of rotatable bonds is 4. The van der Waals surface area contributed by atoms with E-state index in [1.807, 2.05) is 0 Å². The van der Waals surface area contributed by atoms with Crippen molar-refractivity contribution in [1.29, 1.82) is 0 Å². The van der Waals surface area contributed by atoms with Gasteiger partial charge in [0.25, 0.3) is 5.56 Å². The molecule has 2 fully saturated rings. The van der Waals surface area contributed by atoms with Crippen molar-refractivity contribution in [1.82, 2.24) is 15.1 Å². The normalized spacial score (nSPS) is 23.3. The van der Waals surface area contributed by atoms with Crippen molar-refractivity contribution in [2.75, 3.05) is 18.4 Å². The van der Waals surface area contributed by atoms with Crippen molar-refractivity contribution >= 4 is 21.6 Å². The summed E-state index contributed by atoms with van der Waals surface area (Å²) >= 11 is 3.43. The van der Waals surface area contributed by atoms with E-state index in [0.717, 1.165) is 30.5 Å². The molecule has 1 aliphatic heterocycles. The van der Waals surface area contributed by atoms with Gasteiger partial charge >= 0.3 is 0 Å². The third-order valence-electron chi connectivity index (χ3n) is 4.06. The number of nitrogens with zero attached hydrogens (tertiary/aromatic N) is 2. The van der Waals surface area contributed by atoms with Gasteiger partial charge in [0.15, 0.2) is 0 Å². The fourth-order valence-electron chi connectivity index (χ4n) is 2.63. The molecule has 2 aliphatic rings. The second-order valence-corrected chi connectivity index (χ2v) is 6.34. The summed E-state index contributed by atoms with van der Waals surface area (Å²) in [6, 6.07) is 0.337.